The van der Waals surface area contributed by atoms with Gasteiger partial charge in [-0.05, 0) is 83.6 Å². The van der Waals surface area contributed by atoms with Gasteiger partial charge in [0.05, 0.1) is 18.4 Å². The SMILES string of the molecule is Cc1cc(C2CCC(N3CC(CNC(=O)OC(C)(C)C)OCC3Cc3ccc(Cl)cc3)CC2)nn1C. The zero-order valence-electron chi connectivity index (χ0n) is 22.3. The number of carbonyl (C=O) groups excluding carboxylic acids is 1. The standard InChI is InChI=1S/C28H41ClN4O3/c1-19-14-26(31-32(19)5)21-8-12-23(13-9-21)33-17-25(16-30-27(34)36-28(2,3)4)35-18-24(33)15-20-6-10-22(29)11-7-20/h6-7,10-11,14,21,23-25H,8-9,12-13,15-18H2,1-5H3,(H,30,34). The summed E-state index contributed by atoms with van der Waals surface area (Å²) >= 11 is 6.11. The van der Waals surface area contributed by atoms with Gasteiger partial charge >= 0.3 is 6.09 Å². The molecule has 0 bridgehead atoms. The number of nitrogens with one attached hydrogen (secondary N) is 1. The molecule has 1 saturated heterocycles. The summed E-state index contributed by atoms with van der Waals surface area (Å²) in [7, 11) is 2.02. The first-order valence-electron chi connectivity index (χ1n) is 13.2. The van der Waals surface area contributed by atoms with Gasteiger partial charge in [-0.25, -0.2) is 4.79 Å². The molecule has 2 aliphatic rings. The number of carbonyl (C=O) groups is 1. The van der Waals surface area contributed by atoms with Crippen LogP contribution in [0.3, 0.4) is 0 Å². The van der Waals surface area contributed by atoms with E-state index in [0.29, 0.717) is 31.2 Å². The predicted octanol–water partition coefficient (Wildman–Crippen LogP) is 5.24. The Hall–Kier alpha value is -2.09. The predicted molar refractivity (Wildman–Crippen MR) is 143 cm³/mol. The molecule has 1 saturated carbocycles. The summed E-state index contributed by atoms with van der Waals surface area (Å²) in [4.78, 5) is 14.8. The molecule has 0 radical (unpaired) electrons. The third kappa shape index (κ3) is 7.24. The Labute approximate surface area is 220 Å². The van der Waals surface area contributed by atoms with Crippen LogP contribution >= 0.6 is 11.6 Å². The van der Waals surface area contributed by atoms with Crippen LogP contribution in [0.15, 0.2) is 30.3 Å². The number of alkyl carbamates (subject to hydrolysis) is 1. The van der Waals surface area contributed by atoms with Gasteiger partial charge in [-0.3, -0.25) is 9.58 Å². The van der Waals surface area contributed by atoms with E-state index in [1.165, 1.54) is 17.0 Å². The molecule has 2 unspecified atom stereocenters. The van der Waals surface area contributed by atoms with E-state index in [1.807, 2.05) is 44.6 Å². The summed E-state index contributed by atoms with van der Waals surface area (Å²) in [6.45, 7) is 9.61. The third-order valence-corrected chi connectivity index (χ3v) is 7.63. The highest BCUT2D eigenvalue weighted by Gasteiger charge is 2.36. The van der Waals surface area contributed by atoms with Gasteiger partial charge in [0.1, 0.15) is 5.60 Å². The number of rotatable bonds is 6. The van der Waals surface area contributed by atoms with Crippen molar-refractivity contribution >= 4 is 17.7 Å². The number of amides is 1. The van der Waals surface area contributed by atoms with Crippen LogP contribution in [0.4, 0.5) is 4.79 Å². The third-order valence-electron chi connectivity index (χ3n) is 7.38. The molecule has 198 valence electrons. The van der Waals surface area contributed by atoms with Crippen LogP contribution in [0.1, 0.15) is 69.3 Å². The molecule has 36 heavy (non-hydrogen) atoms. The quantitative estimate of drug-likeness (QED) is 0.568. The lowest BCUT2D eigenvalue weighted by Gasteiger charge is -2.46. The summed E-state index contributed by atoms with van der Waals surface area (Å²) in [5.74, 6) is 0.529. The molecule has 8 heteroatoms. The van der Waals surface area contributed by atoms with Crippen LogP contribution in [-0.4, -0.2) is 64.3 Å². The van der Waals surface area contributed by atoms with Crippen LogP contribution in [0.25, 0.3) is 0 Å². The van der Waals surface area contributed by atoms with Gasteiger partial charge in [0.2, 0.25) is 0 Å². The van der Waals surface area contributed by atoms with Crippen molar-refractivity contribution in [2.75, 3.05) is 19.7 Å². The number of aryl methyl sites for hydroxylation is 2. The Morgan fingerprint density at radius 1 is 1.19 bits per heavy atom. The normalized spacial score (nSPS) is 25.5. The van der Waals surface area contributed by atoms with Gasteiger partial charge in [-0.1, -0.05) is 23.7 Å². The number of hydrogen-bond acceptors (Lipinski definition) is 5. The summed E-state index contributed by atoms with van der Waals surface area (Å²) in [6, 6.07) is 11.2. The fourth-order valence-electron chi connectivity index (χ4n) is 5.42. The first-order chi connectivity index (χ1) is 17.1. The lowest BCUT2D eigenvalue weighted by molar-refractivity contribution is -0.0830. The van der Waals surface area contributed by atoms with Crippen molar-refractivity contribution in [3.05, 3.63) is 52.3 Å². The van der Waals surface area contributed by atoms with Gasteiger partial charge in [0.15, 0.2) is 0 Å². The van der Waals surface area contributed by atoms with Crippen molar-refractivity contribution in [3.8, 4) is 0 Å². The average Bonchev–Trinajstić information content (AvgIpc) is 3.17. The fraction of sp³-hybridized carbons (Fsp3) is 0.643. The van der Waals surface area contributed by atoms with Crippen molar-refractivity contribution < 1.29 is 14.3 Å². The largest absolute Gasteiger partial charge is 0.444 e. The Kier molecular flexibility index (Phi) is 8.63. The molecular weight excluding hydrogens is 476 g/mol. The van der Waals surface area contributed by atoms with Gasteiger partial charge in [0, 0.05) is 48.9 Å². The highest BCUT2D eigenvalue weighted by molar-refractivity contribution is 6.30. The van der Waals surface area contributed by atoms with Crippen LogP contribution < -0.4 is 5.32 Å². The lowest BCUT2D eigenvalue weighted by Crippen LogP contribution is -2.57. The minimum atomic E-state index is -0.516. The molecular formula is C28H41ClN4O3. The first kappa shape index (κ1) is 27.0. The average molecular weight is 517 g/mol. The van der Waals surface area contributed by atoms with E-state index in [-0.39, 0.29) is 6.10 Å². The molecule has 1 aliphatic carbocycles. The molecule has 2 atom stereocenters. The van der Waals surface area contributed by atoms with E-state index in [4.69, 9.17) is 26.2 Å². The monoisotopic (exact) mass is 516 g/mol. The van der Waals surface area contributed by atoms with Crippen molar-refractivity contribution in [1.29, 1.82) is 0 Å². The number of benzene rings is 1. The Balaban J connectivity index is 1.40. The zero-order chi connectivity index (χ0) is 25.9. The van der Waals surface area contributed by atoms with E-state index >= 15 is 0 Å². The smallest absolute Gasteiger partial charge is 0.407 e. The van der Waals surface area contributed by atoms with Crippen LogP contribution in [-0.2, 0) is 22.9 Å². The summed E-state index contributed by atoms with van der Waals surface area (Å²) in [5.41, 5.74) is 3.19. The van der Waals surface area contributed by atoms with Crippen molar-refractivity contribution in [2.24, 2.45) is 7.05 Å². The molecule has 1 amide bonds. The number of aromatic nitrogens is 2. The van der Waals surface area contributed by atoms with E-state index < -0.39 is 11.7 Å². The highest BCUT2D eigenvalue weighted by Crippen LogP contribution is 2.36. The van der Waals surface area contributed by atoms with Gasteiger partial charge < -0.3 is 14.8 Å². The van der Waals surface area contributed by atoms with Crippen molar-refractivity contribution in [1.82, 2.24) is 20.0 Å². The van der Waals surface area contributed by atoms with E-state index in [9.17, 15) is 4.79 Å². The second kappa shape index (κ2) is 11.5. The molecule has 1 aliphatic heterocycles. The summed E-state index contributed by atoms with van der Waals surface area (Å²) < 4.78 is 13.6. The summed E-state index contributed by atoms with van der Waals surface area (Å²) in [6.07, 6.45) is 5.04. The van der Waals surface area contributed by atoms with E-state index in [2.05, 4.69) is 35.3 Å². The summed E-state index contributed by atoms with van der Waals surface area (Å²) in [5, 5.41) is 8.41. The molecule has 0 spiro atoms. The molecule has 1 aromatic heterocycles. The van der Waals surface area contributed by atoms with Gasteiger partial charge in [-0.2, -0.15) is 5.10 Å². The highest BCUT2D eigenvalue weighted by atomic mass is 35.5. The molecule has 2 fully saturated rings. The van der Waals surface area contributed by atoms with E-state index in [1.54, 1.807) is 0 Å². The number of hydrogen-bond donors (Lipinski definition) is 1. The minimum Gasteiger partial charge on any atom is -0.444 e. The molecule has 4 rings (SSSR count). The lowest BCUT2D eigenvalue weighted by atomic mass is 9.82. The van der Waals surface area contributed by atoms with Crippen molar-refractivity contribution in [2.45, 2.75) is 89.5 Å². The maximum absolute atomic E-state index is 12.2. The number of morpholine rings is 1. The maximum atomic E-state index is 12.2. The van der Waals surface area contributed by atoms with Crippen LogP contribution in [0, 0.1) is 6.92 Å². The molecule has 7 nitrogen and oxygen atoms in total. The molecule has 2 aromatic rings. The Morgan fingerprint density at radius 3 is 2.50 bits per heavy atom. The van der Waals surface area contributed by atoms with E-state index in [0.717, 1.165) is 43.7 Å². The minimum absolute atomic E-state index is 0.0600. The number of ether oxygens (including phenoxy) is 2. The molecule has 1 aromatic carbocycles. The van der Waals surface area contributed by atoms with Gasteiger partial charge in [0.25, 0.3) is 0 Å². The van der Waals surface area contributed by atoms with Crippen LogP contribution in [0.2, 0.25) is 5.02 Å². The van der Waals surface area contributed by atoms with Crippen molar-refractivity contribution in [3.63, 3.8) is 0 Å². The molecule has 1 N–H and O–H groups in total. The zero-order valence-corrected chi connectivity index (χ0v) is 23.1. The van der Waals surface area contributed by atoms with Gasteiger partial charge in [-0.15, -0.1) is 0 Å². The van der Waals surface area contributed by atoms with Crippen LogP contribution in [0.5, 0.6) is 0 Å². The number of halogens is 1. The molecule has 2 heterocycles. The Bertz CT molecular complexity index is 989. The second-order valence-corrected chi connectivity index (χ2v) is 11.8. The number of nitrogens with zero attached hydrogens (tertiary/aromatic N) is 3. The topological polar surface area (TPSA) is 68.6 Å². The maximum Gasteiger partial charge on any atom is 0.407 e. The first-order valence-corrected chi connectivity index (χ1v) is 13.5. The fourth-order valence-corrected chi connectivity index (χ4v) is 5.55. The second-order valence-electron chi connectivity index (χ2n) is 11.4. The Morgan fingerprint density at radius 2 is 1.89 bits per heavy atom.